The van der Waals surface area contributed by atoms with Crippen molar-refractivity contribution in [3.8, 4) is 23.2 Å². The summed E-state index contributed by atoms with van der Waals surface area (Å²) in [5, 5.41) is 13.4. The number of anilines is 2. The van der Waals surface area contributed by atoms with Crippen LogP contribution in [-0.2, 0) is 6.61 Å². The SMILES string of the molecule is CSc1nc(Nc2cccc(-c3ncccc3F)c2)c(C#N)c(OCc2ccccc2)n1. The molecule has 4 aromatic rings. The first kappa shape index (κ1) is 21.3. The highest BCUT2D eigenvalue weighted by Crippen LogP contribution is 2.30. The molecule has 1 N–H and O–H groups in total. The Morgan fingerprint density at radius 3 is 2.66 bits per heavy atom. The molecule has 0 saturated carbocycles. The third kappa shape index (κ3) is 4.85. The molecular formula is C24H18FN5OS. The monoisotopic (exact) mass is 443 g/mol. The molecule has 0 aliphatic heterocycles. The second kappa shape index (κ2) is 9.90. The highest BCUT2D eigenvalue weighted by atomic mass is 32.2. The number of hydrogen-bond acceptors (Lipinski definition) is 7. The molecule has 6 nitrogen and oxygen atoms in total. The first-order valence-electron chi connectivity index (χ1n) is 9.68. The second-order valence-electron chi connectivity index (χ2n) is 6.66. The van der Waals surface area contributed by atoms with Crippen molar-refractivity contribution < 1.29 is 9.13 Å². The van der Waals surface area contributed by atoms with Gasteiger partial charge in [0.2, 0.25) is 5.88 Å². The van der Waals surface area contributed by atoms with Crippen LogP contribution in [0.5, 0.6) is 5.88 Å². The summed E-state index contributed by atoms with van der Waals surface area (Å²) in [5.41, 5.74) is 2.62. The Labute approximate surface area is 189 Å². The molecule has 0 amide bonds. The van der Waals surface area contributed by atoms with E-state index in [2.05, 4.69) is 26.3 Å². The zero-order valence-electron chi connectivity index (χ0n) is 17.1. The summed E-state index contributed by atoms with van der Waals surface area (Å²) in [4.78, 5) is 12.9. The van der Waals surface area contributed by atoms with Crippen molar-refractivity contribution in [2.45, 2.75) is 11.8 Å². The quantitative estimate of drug-likeness (QED) is 0.294. The molecule has 0 bridgehead atoms. The number of thioether (sulfide) groups is 1. The van der Waals surface area contributed by atoms with Gasteiger partial charge in [-0.25, -0.2) is 9.37 Å². The maximum atomic E-state index is 14.2. The van der Waals surface area contributed by atoms with E-state index in [9.17, 15) is 9.65 Å². The van der Waals surface area contributed by atoms with Crippen LogP contribution in [0.3, 0.4) is 0 Å². The Hall–Kier alpha value is -3.96. The van der Waals surface area contributed by atoms with Gasteiger partial charge in [0.05, 0.1) is 0 Å². The maximum absolute atomic E-state index is 14.2. The number of nitriles is 1. The molecule has 2 heterocycles. The number of nitrogens with one attached hydrogen (secondary N) is 1. The van der Waals surface area contributed by atoms with Gasteiger partial charge >= 0.3 is 0 Å². The molecular weight excluding hydrogens is 425 g/mol. The molecule has 8 heteroatoms. The summed E-state index contributed by atoms with van der Waals surface area (Å²) in [5.74, 6) is 0.101. The van der Waals surface area contributed by atoms with Crippen molar-refractivity contribution in [1.29, 1.82) is 5.26 Å². The van der Waals surface area contributed by atoms with Gasteiger partial charge in [-0.15, -0.1) is 0 Å². The molecule has 0 unspecified atom stereocenters. The first-order chi connectivity index (χ1) is 15.7. The summed E-state index contributed by atoms with van der Waals surface area (Å²) >= 11 is 1.34. The van der Waals surface area contributed by atoms with Crippen molar-refractivity contribution >= 4 is 23.3 Å². The van der Waals surface area contributed by atoms with Gasteiger partial charge in [-0.05, 0) is 36.1 Å². The molecule has 0 radical (unpaired) electrons. The van der Waals surface area contributed by atoms with Crippen LogP contribution in [-0.4, -0.2) is 21.2 Å². The van der Waals surface area contributed by atoms with Crippen LogP contribution in [0.25, 0.3) is 11.3 Å². The number of halogens is 1. The summed E-state index contributed by atoms with van der Waals surface area (Å²) in [7, 11) is 0. The van der Waals surface area contributed by atoms with Crippen LogP contribution in [0.1, 0.15) is 11.1 Å². The maximum Gasteiger partial charge on any atom is 0.238 e. The summed E-state index contributed by atoms with van der Waals surface area (Å²) in [6.45, 7) is 0.272. The Bertz CT molecular complexity index is 1280. The smallest absolute Gasteiger partial charge is 0.238 e. The Morgan fingerprint density at radius 2 is 1.91 bits per heavy atom. The van der Waals surface area contributed by atoms with E-state index in [1.165, 1.54) is 24.0 Å². The fourth-order valence-electron chi connectivity index (χ4n) is 3.01. The molecule has 0 saturated heterocycles. The molecule has 0 aliphatic carbocycles. The standard InChI is InChI=1S/C24H18FN5OS/c1-32-24-29-22(19(14-26)23(30-24)31-15-16-7-3-2-4-8-16)28-18-10-5-9-17(13-18)21-20(25)11-6-12-27-21/h2-13H,15H2,1H3,(H,28,29,30). The summed E-state index contributed by atoms with van der Waals surface area (Å²) in [6.07, 6.45) is 3.38. The topological polar surface area (TPSA) is 83.7 Å². The van der Waals surface area contributed by atoms with Crippen molar-refractivity contribution in [2.75, 3.05) is 11.6 Å². The van der Waals surface area contributed by atoms with Crippen LogP contribution < -0.4 is 10.1 Å². The fraction of sp³-hybridized carbons (Fsp3) is 0.0833. The zero-order chi connectivity index (χ0) is 22.3. The molecule has 32 heavy (non-hydrogen) atoms. The van der Waals surface area contributed by atoms with Gasteiger partial charge in [0.15, 0.2) is 16.5 Å². The number of ether oxygens (including phenoxy) is 1. The van der Waals surface area contributed by atoms with Gasteiger partial charge in [0, 0.05) is 17.4 Å². The lowest BCUT2D eigenvalue weighted by Gasteiger charge is -2.13. The Balaban J connectivity index is 1.66. The molecule has 0 atom stereocenters. The van der Waals surface area contributed by atoms with Crippen LogP contribution in [0.15, 0.2) is 78.1 Å². The zero-order valence-corrected chi connectivity index (χ0v) is 17.9. The largest absolute Gasteiger partial charge is 0.472 e. The molecule has 2 aromatic heterocycles. The number of aromatic nitrogens is 3. The average molecular weight is 444 g/mol. The van der Waals surface area contributed by atoms with E-state index < -0.39 is 5.82 Å². The molecule has 2 aromatic carbocycles. The van der Waals surface area contributed by atoms with Crippen molar-refractivity contribution in [3.05, 3.63) is 89.9 Å². The minimum Gasteiger partial charge on any atom is -0.472 e. The number of hydrogen-bond donors (Lipinski definition) is 1. The van der Waals surface area contributed by atoms with E-state index in [1.54, 1.807) is 30.3 Å². The fourth-order valence-corrected chi connectivity index (χ4v) is 3.37. The van der Waals surface area contributed by atoms with Crippen molar-refractivity contribution in [3.63, 3.8) is 0 Å². The van der Waals surface area contributed by atoms with Gasteiger partial charge in [-0.1, -0.05) is 54.2 Å². The average Bonchev–Trinajstić information content (AvgIpc) is 2.83. The molecule has 0 aliphatic rings. The van der Waals surface area contributed by atoms with Crippen LogP contribution in [0.2, 0.25) is 0 Å². The number of rotatable bonds is 7. The van der Waals surface area contributed by atoms with Crippen LogP contribution in [0.4, 0.5) is 15.9 Å². The lowest BCUT2D eigenvalue weighted by atomic mass is 10.1. The van der Waals surface area contributed by atoms with Crippen LogP contribution in [0, 0.1) is 17.1 Å². The van der Waals surface area contributed by atoms with Gasteiger partial charge in [-0.3, -0.25) is 4.98 Å². The van der Waals surface area contributed by atoms with Gasteiger partial charge in [-0.2, -0.15) is 10.2 Å². The van der Waals surface area contributed by atoms with E-state index >= 15 is 0 Å². The van der Waals surface area contributed by atoms with E-state index in [0.717, 1.165) is 5.56 Å². The predicted molar refractivity (Wildman–Crippen MR) is 122 cm³/mol. The third-order valence-electron chi connectivity index (χ3n) is 4.53. The summed E-state index contributed by atoms with van der Waals surface area (Å²) in [6, 6.07) is 21.8. The number of pyridine rings is 1. The Kier molecular flexibility index (Phi) is 6.58. The lowest BCUT2D eigenvalue weighted by Crippen LogP contribution is -2.06. The van der Waals surface area contributed by atoms with Gasteiger partial charge < -0.3 is 10.1 Å². The van der Waals surface area contributed by atoms with E-state index in [-0.39, 0.29) is 23.7 Å². The van der Waals surface area contributed by atoms with Crippen molar-refractivity contribution in [2.24, 2.45) is 0 Å². The van der Waals surface area contributed by atoms with E-state index in [4.69, 9.17) is 4.74 Å². The van der Waals surface area contributed by atoms with Crippen molar-refractivity contribution in [1.82, 2.24) is 15.0 Å². The second-order valence-corrected chi connectivity index (χ2v) is 7.44. The number of benzene rings is 2. The minimum absolute atomic E-state index is 0.188. The molecule has 158 valence electrons. The minimum atomic E-state index is -0.411. The highest BCUT2D eigenvalue weighted by molar-refractivity contribution is 7.98. The highest BCUT2D eigenvalue weighted by Gasteiger charge is 2.17. The predicted octanol–water partition coefficient (Wildman–Crippen LogP) is 5.59. The molecule has 0 spiro atoms. The van der Waals surface area contributed by atoms with Gasteiger partial charge in [0.1, 0.15) is 24.2 Å². The molecule has 4 rings (SSSR count). The Morgan fingerprint density at radius 1 is 1.06 bits per heavy atom. The normalized spacial score (nSPS) is 10.4. The van der Waals surface area contributed by atoms with E-state index in [0.29, 0.717) is 22.2 Å². The lowest BCUT2D eigenvalue weighted by molar-refractivity contribution is 0.290. The van der Waals surface area contributed by atoms with E-state index in [1.807, 2.05) is 36.6 Å². The summed E-state index contributed by atoms with van der Waals surface area (Å²) < 4.78 is 20.0. The van der Waals surface area contributed by atoms with Crippen LogP contribution >= 0.6 is 11.8 Å². The third-order valence-corrected chi connectivity index (χ3v) is 5.07. The van der Waals surface area contributed by atoms with Gasteiger partial charge in [0.25, 0.3) is 0 Å². The number of nitrogens with zero attached hydrogens (tertiary/aromatic N) is 4. The molecule has 0 fully saturated rings. The first-order valence-corrected chi connectivity index (χ1v) is 10.9.